The van der Waals surface area contributed by atoms with Crippen molar-refractivity contribution in [1.82, 2.24) is 4.31 Å². The van der Waals surface area contributed by atoms with Gasteiger partial charge < -0.3 is 5.32 Å². The van der Waals surface area contributed by atoms with Crippen LogP contribution in [0.15, 0.2) is 29.2 Å². The van der Waals surface area contributed by atoms with Crippen molar-refractivity contribution in [1.29, 1.82) is 0 Å². The van der Waals surface area contributed by atoms with Crippen LogP contribution in [0.1, 0.15) is 19.3 Å². The molecule has 3 aliphatic rings. The van der Waals surface area contributed by atoms with E-state index in [9.17, 15) is 8.42 Å². The second-order valence-electron chi connectivity index (χ2n) is 6.94. The number of rotatable bonds is 4. The van der Waals surface area contributed by atoms with Crippen molar-refractivity contribution < 1.29 is 8.42 Å². The Kier molecular flexibility index (Phi) is 2.89. The van der Waals surface area contributed by atoms with Crippen LogP contribution in [0, 0.1) is 23.7 Å². The lowest BCUT2D eigenvalue weighted by Gasteiger charge is -2.18. The molecule has 4 rings (SSSR count). The molecule has 0 aliphatic heterocycles. The van der Waals surface area contributed by atoms with Crippen LogP contribution in [0.4, 0.5) is 5.69 Å². The number of nitrogens with zero attached hydrogens (tertiary/aromatic N) is 1. The van der Waals surface area contributed by atoms with Gasteiger partial charge in [0.1, 0.15) is 4.90 Å². The molecule has 0 amide bonds. The Morgan fingerprint density at radius 1 is 1.10 bits per heavy atom. The second-order valence-corrected chi connectivity index (χ2v) is 9.06. The minimum absolute atomic E-state index is 0.396. The van der Waals surface area contributed by atoms with Crippen molar-refractivity contribution in [2.75, 3.05) is 19.4 Å². The first-order valence-electron chi connectivity index (χ1n) is 7.78. The standard InChI is InChI=1S/C16H22N2O2S/c1-18(2)21(19,20)13-6-4-3-5-12(13)17-16-14-10-7-8-11(9-10)15(14)16/h3-6,10-11,14-17H,7-9H2,1-2H3. The Hall–Kier alpha value is -1.07. The second kappa shape index (κ2) is 4.46. The summed E-state index contributed by atoms with van der Waals surface area (Å²) in [6, 6.07) is 7.79. The highest BCUT2D eigenvalue weighted by Crippen LogP contribution is 2.66. The lowest BCUT2D eigenvalue weighted by molar-refractivity contribution is 0.456. The molecule has 0 aromatic heterocycles. The summed E-state index contributed by atoms with van der Waals surface area (Å²) < 4.78 is 26.1. The van der Waals surface area contributed by atoms with Gasteiger partial charge in [0.25, 0.3) is 0 Å². The first-order valence-corrected chi connectivity index (χ1v) is 9.22. The number of anilines is 1. The van der Waals surface area contributed by atoms with Gasteiger partial charge in [-0.05, 0) is 55.1 Å². The van der Waals surface area contributed by atoms with Gasteiger partial charge in [0, 0.05) is 20.1 Å². The van der Waals surface area contributed by atoms with E-state index >= 15 is 0 Å². The third kappa shape index (κ3) is 1.94. The fourth-order valence-corrected chi connectivity index (χ4v) is 5.75. The summed E-state index contributed by atoms with van der Waals surface area (Å²) in [7, 11) is -0.227. The molecular formula is C16H22N2O2S. The Morgan fingerprint density at radius 2 is 1.71 bits per heavy atom. The monoisotopic (exact) mass is 306 g/mol. The van der Waals surface area contributed by atoms with E-state index in [2.05, 4.69) is 5.32 Å². The molecule has 3 fully saturated rings. The van der Waals surface area contributed by atoms with Gasteiger partial charge >= 0.3 is 0 Å². The molecule has 5 heteroatoms. The molecule has 1 aromatic rings. The minimum atomic E-state index is -3.39. The minimum Gasteiger partial charge on any atom is -0.381 e. The molecular weight excluding hydrogens is 284 g/mol. The van der Waals surface area contributed by atoms with Crippen LogP contribution in [0.2, 0.25) is 0 Å². The Bertz CT molecular complexity index is 655. The lowest BCUT2D eigenvalue weighted by atomic mass is 10.0. The van der Waals surface area contributed by atoms with Crippen molar-refractivity contribution in [3.63, 3.8) is 0 Å². The zero-order chi connectivity index (χ0) is 14.8. The Morgan fingerprint density at radius 3 is 2.33 bits per heavy atom. The summed E-state index contributed by atoms with van der Waals surface area (Å²) in [5.41, 5.74) is 0.769. The zero-order valence-electron chi connectivity index (χ0n) is 12.5. The normalized spacial score (nSPS) is 36.8. The average molecular weight is 306 g/mol. The van der Waals surface area contributed by atoms with E-state index in [0.29, 0.717) is 10.9 Å². The molecule has 0 saturated heterocycles. The summed E-state index contributed by atoms with van der Waals surface area (Å²) in [4.78, 5) is 0.396. The molecule has 4 unspecified atom stereocenters. The number of hydrogen-bond donors (Lipinski definition) is 1. The van der Waals surface area contributed by atoms with E-state index < -0.39 is 10.0 Å². The van der Waals surface area contributed by atoms with Crippen molar-refractivity contribution in [2.45, 2.75) is 30.2 Å². The number of benzene rings is 1. The summed E-state index contributed by atoms with van der Waals surface area (Å²) in [6.07, 6.45) is 4.16. The summed E-state index contributed by atoms with van der Waals surface area (Å²) in [5, 5.41) is 3.54. The van der Waals surface area contributed by atoms with E-state index in [-0.39, 0.29) is 0 Å². The topological polar surface area (TPSA) is 49.4 Å². The van der Waals surface area contributed by atoms with Gasteiger partial charge in [-0.2, -0.15) is 0 Å². The number of fused-ring (bicyclic) bond motifs is 5. The molecule has 0 heterocycles. The zero-order valence-corrected chi connectivity index (χ0v) is 13.3. The van der Waals surface area contributed by atoms with Gasteiger partial charge in [-0.3, -0.25) is 0 Å². The van der Waals surface area contributed by atoms with Crippen LogP contribution in [0.5, 0.6) is 0 Å². The van der Waals surface area contributed by atoms with Gasteiger partial charge in [0.05, 0.1) is 5.69 Å². The highest BCUT2D eigenvalue weighted by molar-refractivity contribution is 7.89. The van der Waals surface area contributed by atoms with Crippen LogP contribution in [0.25, 0.3) is 0 Å². The van der Waals surface area contributed by atoms with Crippen LogP contribution >= 0.6 is 0 Å². The predicted molar refractivity (Wildman–Crippen MR) is 82.5 cm³/mol. The first kappa shape index (κ1) is 13.6. The molecule has 2 bridgehead atoms. The summed E-state index contributed by atoms with van der Waals surface area (Å²) in [5.74, 6) is 3.35. The molecule has 1 aromatic carbocycles. The molecule has 21 heavy (non-hydrogen) atoms. The molecule has 0 spiro atoms. The predicted octanol–water partition coefficient (Wildman–Crippen LogP) is 2.39. The maximum atomic E-state index is 12.4. The Balaban J connectivity index is 1.60. The van der Waals surface area contributed by atoms with Crippen LogP contribution in [-0.4, -0.2) is 32.9 Å². The lowest BCUT2D eigenvalue weighted by Crippen LogP contribution is -2.24. The van der Waals surface area contributed by atoms with Gasteiger partial charge in [-0.25, -0.2) is 12.7 Å². The van der Waals surface area contributed by atoms with Crippen molar-refractivity contribution in [3.8, 4) is 0 Å². The van der Waals surface area contributed by atoms with Gasteiger partial charge in [0.15, 0.2) is 0 Å². The van der Waals surface area contributed by atoms with E-state index in [1.54, 1.807) is 26.2 Å². The fraction of sp³-hybridized carbons (Fsp3) is 0.625. The third-order valence-corrected chi connectivity index (χ3v) is 7.58. The van der Waals surface area contributed by atoms with Gasteiger partial charge in [-0.15, -0.1) is 0 Å². The molecule has 114 valence electrons. The van der Waals surface area contributed by atoms with Crippen molar-refractivity contribution >= 4 is 15.7 Å². The number of hydrogen-bond acceptors (Lipinski definition) is 3. The van der Waals surface area contributed by atoms with Crippen LogP contribution in [-0.2, 0) is 10.0 Å². The molecule has 1 N–H and O–H groups in total. The van der Waals surface area contributed by atoms with E-state index in [1.165, 1.54) is 23.6 Å². The molecule has 4 nitrogen and oxygen atoms in total. The molecule has 3 aliphatic carbocycles. The largest absolute Gasteiger partial charge is 0.381 e. The van der Waals surface area contributed by atoms with Crippen molar-refractivity contribution in [3.05, 3.63) is 24.3 Å². The fourth-order valence-electron chi connectivity index (χ4n) is 4.71. The van der Waals surface area contributed by atoms with Gasteiger partial charge in [-0.1, -0.05) is 12.1 Å². The Labute approximate surface area is 126 Å². The highest BCUT2D eigenvalue weighted by atomic mass is 32.2. The van der Waals surface area contributed by atoms with Crippen LogP contribution in [0.3, 0.4) is 0 Å². The molecule has 4 atom stereocenters. The van der Waals surface area contributed by atoms with E-state index in [4.69, 9.17) is 0 Å². The maximum absolute atomic E-state index is 12.4. The smallest absolute Gasteiger partial charge is 0.244 e. The number of para-hydroxylation sites is 1. The number of nitrogens with one attached hydrogen (secondary N) is 1. The highest BCUT2D eigenvalue weighted by Gasteiger charge is 2.65. The summed E-state index contributed by atoms with van der Waals surface area (Å²) >= 11 is 0. The quantitative estimate of drug-likeness (QED) is 0.929. The van der Waals surface area contributed by atoms with Crippen LogP contribution < -0.4 is 5.32 Å². The molecule has 0 radical (unpaired) electrons. The number of sulfonamides is 1. The third-order valence-electron chi connectivity index (χ3n) is 5.70. The average Bonchev–Trinajstić information content (AvgIpc) is 2.83. The SMILES string of the molecule is CN(C)S(=O)(=O)c1ccccc1NC1C2C3CCC(C3)C12. The maximum Gasteiger partial charge on any atom is 0.244 e. The van der Waals surface area contributed by atoms with Crippen molar-refractivity contribution in [2.24, 2.45) is 23.7 Å². The first-order chi connectivity index (χ1) is 10.00. The van der Waals surface area contributed by atoms with E-state index in [0.717, 1.165) is 29.4 Å². The van der Waals surface area contributed by atoms with E-state index in [1.807, 2.05) is 12.1 Å². The summed E-state index contributed by atoms with van der Waals surface area (Å²) in [6.45, 7) is 0. The van der Waals surface area contributed by atoms with Gasteiger partial charge in [0.2, 0.25) is 10.0 Å². The molecule has 3 saturated carbocycles.